The number of benzene rings is 2. The number of hydrogen-bond acceptors (Lipinski definition) is 5. The number of carbonyl (C=O) groups excluding carboxylic acids is 2. The Morgan fingerprint density at radius 1 is 0.960 bits per heavy atom. The second-order valence-electron chi connectivity index (χ2n) is 4.97. The van der Waals surface area contributed by atoms with E-state index >= 15 is 0 Å². The lowest BCUT2D eigenvalue weighted by molar-refractivity contribution is -0.111. The molecule has 0 unspecified atom stereocenters. The first-order chi connectivity index (χ1) is 12.1. The molecule has 0 aliphatic carbocycles. The number of para-hydroxylation sites is 1. The van der Waals surface area contributed by atoms with Crippen LogP contribution in [0, 0.1) is 0 Å². The largest absolute Gasteiger partial charge is 0.493 e. The molecule has 0 atom stereocenters. The van der Waals surface area contributed by atoms with E-state index < -0.39 is 5.97 Å². The first kappa shape index (κ1) is 18.1. The third-order valence-corrected chi connectivity index (χ3v) is 3.42. The molecular formula is C19H19NO5. The van der Waals surface area contributed by atoms with Crippen LogP contribution in [0.25, 0.3) is 6.08 Å². The van der Waals surface area contributed by atoms with Gasteiger partial charge in [-0.3, -0.25) is 4.79 Å². The molecule has 0 spiro atoms. The Labute approximate surface area is 146 Å². The zero-order valence-corrected chi connectivity index (χ0v) is 14.2. The van der Waals surface area contributed by atoms with Crippen LogP contribution < -0.4 is 14.8 Å². The maximum atomic E-state index is 12.1. The number of rotatable bonds is 6. The van der Waals surface area contributed by atoms with Crippen molar-refractivity contribution in [1.29, 1.82) is 0 Å². The number of carbonyl (C=O) groups is 2. The van der Waals surface area contributed by atoms with E-state index in [2.05, 4.69) is 10.1 Å². The van der Waals surface area contributed by atoms with Crippen LogP contribution in [0.3, 0.4) is 0 Å². The molecule has 0 heterocycles. The Morgan fingerprint density at radius 3 is 2.28 bits per heavy atom. The standard InChI is InChI=1S/C19H19NO5/c1-23-16-6-4-5-13(18(16)24-2)9-12-17(21)20-15-10-7-14(8-11-15)19(22)25-3/h4-12H,1-3H3,(H,20,21)/b12-9+. The highest BCUT2D eigenvalue weighted by Gasteiger charge is 2.08. The topological polar surface area (TPSA) is 73.9 Å². The number of ether oxygens (including phenoxy) is 3. The van der Waals surface area contributed by atoms with Crippen LogP contribution in [-0.4, -0.2) is 33.2 Å². The molecular weight excluding hydrogens is 322 g/mol. The number of amides is 1. The average molecular weight is 341 g/mol. The number of esters is 1. The van der Waals surface area contributed by atoms with E-state index in [0.29, 0.717) is 22.7 Å². The van der Waals surface area contributed by atoms with Gasteiger partial charge in [-0.2, -0.15) is 0 Å². The molecule has 0 aliphatic heterocycles. The van der Waals surface area contributed by atoms with E-state index in [1.165, 1.54) is 20.3 Å². The van der Waals surface area contributed by atoms with Gasteiger partial charge in [-0.15, -0.1) is 0 Å². The fourth-order valence-electron chi connectivity index (χ4n) is 2.20. The zero-order chi connectivity index (χ0) is 18.2. The third kappa shape index (κ3) is 4.60. The van der Waals surface area contributed by atoms with Crippen LogP contribution in [0.5, 0.6) is 11.5 Å². The summed E-state index contributed by atoms with van der Waals surface area (Å²) in [5.74, 6) is 0.401. The number of methoxy groups -OCH3 is 3. The number of hydrogen-bond donors (Lipinski definition) is 1. The van der Waals surface area contributed by atoms with Crippen molar-refractivity contribution in [3.8, 4) is 11.5 Å². The molecule has 0 bridgehead atoms. The zero-order valence-electron chi connectivity index (χ0n) is 14.2. The molecule has 130 valence electrons. The summed E-state index contributed by atoms with van der Waals surface area (Å²) in [5.41, 5.74) is 1.70. The lowest BCUT2D eigenvalue weighted by Gasteiger charge is -2.09. The molecule has 0 radical (unpaired) electrons. The second kappa shape index (κ2) is 8.54. The van der Waals surface area contributed by atoms with Gasteiger partial charge in [0.05, 0.1) is 26.9 Å². The summed E-state index contributed by atoms with van der Waals surface area (Å²) >= 11 is 0. The van der Waals surface area contributed by atoms with Gasteiger partial charge < -0.3 is 19.5 Å². The van der Waals surface area contributed by atoms with Crippen molar-refractivity contribution in [2.45, 2.75) is 0 Å². The lowest BCUT2D eigenvalue weighted by Crippen LogP contribution is -2.08. The van der Waals surface area contributed by atoms with Gasteiger partial charge in [-0.25, -0.2) is 4.79 Å². The second-order valence-corrected chi connectivity index (χ2v) is 4.97. The van der Waals surface area contributed by atoms with Gasteiger partial charge >= 0.3 is 5.97 Å². The summed E-state index contributed by atoms with van der Waals surface area (Å²) in [6.07, 6.45) is 3.03. The van der Waals surface area contributed by atoms with Crippen LogP contribution >= 0.6 is 0 Å². The van der Waals surface area contributed by atoms with Gasteiger partial charge in [-0.1, -0.05) is 12.1 Å². The van der Waals surface area contributed by atoms with Gasteiger partial charge in [0.25, 0.3) is 0 Å². The summed E-state index contributed by atoms with van der Waals surface area (Å²) in [6, 6.07) is 11.8. The van der Waals surface area contributed by atoms with Gasteiger partial charge in [-0.05, 0) is 36.4 Å². The summed E-state index contributed by atoms with van der Waals surface area (Å²) < 4.78 is 15.2. The van der Waals surface area contributed by atoms with Crippen molar-refractivity contribution >= 4 is 23.6 Å². The summed E-state index contributed by atoms with van der Waals surface area (Å²) in [7, 11) is 4.41. The minimum atomic E-state index is -0.428. The fraction of sp³-hybridized carbons (Fsp3) is 0.158. The maximum absolute atomic E-state index is 12.1. The van der Waals surface area contributed by atoms with E-state index in [1.54, 1.807) is 43.5 Å². The molecule has 6 nitrogen and oxygen atoms in total. The van der Waals surface area contributed by atoms with Gasteiger partial charge in [0, 0.05) is 17.3 Å². The van der Waals surface area contributed by atoms with Gasteiger partial charge in [0.15, 0.2) is 11.5 Å². The predicted octanol–water partition coefficient (Wildman–Crippen LogP) is 3.14. The molecule has 2 rings (SSSR count). The molecule has 1 N–H and O–H groups in total. The lowest BCUT2D eigenvalue weighted by atomic mass is 10.1. The first-order valence-corrected chi connectivity index (χ1v) is 7.47. The van der Waals surface area contributed by atoms with Crippen molar-refractivity contribution < 1.29 is 23.8 Å². The molecule has 0 aromatic heterocycles. The van der Waals surface area contributed by atoms with Crippen LogP contribution in [0.4, 0.5) is 5.69 Å². The Balaban J connectivity index is 2.07. The molecule has 1 amide bonds. The monoisotopic (exact) mass is 341 g/mol. The fourth-order valence-corrected chi connectivity index (χ4v) is 2.20. The van der Waals surface area contributed by atoms with Crippen LogP contribution in [0.2, 0.25) is 0 Å². The van der Waals surface area contributed by atoms with Crippen molar-refractivity contribution in [3.63, 3.8) is 0 Å². The van der Waals surface area contributed by atoms with E-state index in [0.717, 1.165) is 5.56 Å². The minimum Gasteiger partial charge on any atom is -0.493 e. The number of nitrogens with one attached hydrogen (secondary N) is 1. The van der Waals surface area contributed by atoms with Crippen LogP contribution in [-0.2, 0) is 9.53 Å². The normalized spacial score (nSPS) is 10.4. The Morgan fingerprint density at radius 2 is 1.68 bits per heavy atom. The van der Waals surface area contributed by atoms with Crippen molar-refractivity contribution in [2.75, 3.05) is 26.6 Å². The van der Waals surface area contributed by atoms with E-state index in [1.807, 2.05) is 12.1 Å². The highest BCUT2D eigenvalue weighted by Crippen LogP contribution is 2.31. The van der Waals surface area contributed by atoms with E-state index in [9.17, 15) is 9.59 Å². The quantitative estimate of drug-likeness (QED) is 0.645. The van der Waals surface area contributed by atoms with Crippen molar-refractivity contribution in [1.82, 2.24) is 0 Å². The minimum absolute atomic E-state index is 0.310. The predicted molar refractivity (Wildman–Crippen MR) is 95.0 cm³/mol. The van der Waals surface area contributed by atoms with E-state index in [4.69, 9.17) is 9.47 Å². The summed E-state index contributed by atoms with van der Waals surface area (Å²) in [6.45, 7) is 0. The summed E-state index contributed by atoms with van der Waals surface area (Å²) in [4.78, 5) is 23.4. The highest BCUT2D eigenvalue weighted by molar-refractivity contribution is 6.02. The Kier molecular flexibility index (Phi) is 6.17. The molecule has 6 heteroatoms. The smallest absolute Gasteiger partial charge is 0.337 e. The molecule has 0 saturated carbocycles. The molecule has 0 fully saturated rings. The first-order valence-electron chi connectivity index (χ1n) is 7.47. The Bertz CT molecular complexity index is 781. The molecule has 25 heavy (non-hydrogen) atoms. The third-order valence-electron chi connectivity index (χ3n) is 3.42. The van der Waals surface area contributed by atoms with Crippen LogP contribution in [0.15, 0.2) is 48.5 Å². The summed E-state index contributed by atoms with van der Waals surface area (Å²) in [5, 5.41) is 2.71. The highest BCUT2D eigenvalue weighted by atomic mass is 16.5. The van der Waals surface area contributed by atoms with Gasteiger partial charge in [0.1, 0.15) is 0 Å². The molecule has 0 aliphatic rings. The van der Waals surface area contributed by atoms with Gasteiger partial charge in [0.2, 0.25) is 5.91 Å². The molecule has 0 saturated heterocycles. The van der Waals surface area contributed by atoms with Crippen LogP contribution in [0.1, 0.15) is 15.9 Å². The average Bonchev–Trinajstić information content (AvgIpc) is 2.65. The SMILES string of the molecule is COC(=O)c1ccc(NC(=O)/C=C/c2cccc(OC)c2OC)cc1. The number of anilines is 1. The van der Waals surface area contributed by atoms with Crippen molar-refractivity contribution in [2.24, 2.45) is 0 Å². The Hall–Kier alpha value is -3.28. The van der Waals surface area contributed by atoms with Crippen molar-refractivity contribution in [3.05, 3.63) is 59.7 Å². The molecule has 2 aromatic carbocycles. The van der Waals surface area contributed by atoms with E-state index in [-0.39, 0.29) is 5.91 Å². The molecule has 2 aromatic rings. The maximum Gasteiger partial charge on any atom is 0.337 e.